The van der Waals surface area contributed by atoms with E-state index < -0.39 is 11.9 Å². The van der Waals surface area contributed by atoms with E-state index in [-0.39, 0.29) is 11.9 Å². The van der Waals surface area contributed by atoms with E-state index in [0.717, 1.165) is 26.2 Å². The van der Waals surface area contributed by atoms with Gasteiger partial charge in [0, 0.05) is 32.2 Å². The molecule has 184 valence electrons. The summed E-state index contributed by atoms with van der Waals surface area (Å²) in [6, 6.07) is 23.2. The van der Waals surface area contributed by atoms with Gasteiger partial charge >= 0.3 is 11.9 Å². The first kappa shape index (κ1) is 25.6. The molecule has 35 heavy (non-hydrogen) atoms. The van der Waals surface area contributed by atoms with Crippen LogP contribution in [0.4, 0.5) is 5.82 Å². The summed E-state index contributed by atoms with van der Waals surface area (Å²) in [5.74, 6) is -2.56. The number of piperazine rings is 1. The van der Waals surface area contributed by atoms with Crippen LogP contribution < -0.4 is 5.32 Å². The van der Waals surface area contributed by atoms with Gasteiger partial charge in [-0.05, 0) is 18.1 Å². The summed E-state index contributed by atoms with van der Waals surface area (Å²) in [5, 5.41) is 21.4. The molecule has 0 saturated carbocycles. The molecule has 0 radical (unpaired) electrons. The number of benzene rings is 2. The minimum absolute atomic E-state index is 0.0607. The van der Waals surface area contributed by atoms with Gasteiger partial charge in [0.2, 0.25) is 5.91 Å². The Kier molecular flexibility index (Phi) is 9.10. The van der Waals surface area contributed by atoms with Crippen LogP contribution in [0.5, 0.6) is 0 Å². The Labute approximate surface area is 202 Å². The average molecular weight is 481 g/mol. The van der Waals surface area contributed by atoms with E-state index in [9.17, 15) is 4.79 Å². The molecular weight excluding hydrogens is 452 g/mol. The zero-order valence-electron chi connectivity index (χ0n) is 19.3. The molecule has 3 aromatic rings. The summed E-state index contributed by atoms with van der Waals surface area (Å²) in [6.45, 7) is 5.68. The van der Waals surface area contributed by atoms with Gasteiger partial charge in [-0.3, -0.25) is 14.6 Å². The van der Waals surface area contributed by atoms with E-state index in [1.807, 2.05) is 0 Å². The second kappa shape index (κ2) is 12.4. The van der Waals surface area contributed by atoms with Gasteiger partial charge in [-0.2, -0.15) is 0 Å². The molecule has 1 amide bonds. The van der Waals surface area contributed by atoms with Gasteiger partial charge in [0.1, 0.15) is 5.76 Å². The molecular formula is C25H28N4O6. The largest absolute Gasteiger partial charge is 0.473 e. The standard InChI is InChI=1S/C23H26N4O2.C2H2O4/c1-18-16-21(25-29-18)24-22(28)17-26-12-14-27(15-13-26)23(19-8-4-2-5-9-19)20-10-6-3-7-11-20;3-1(4)2(5)6/h2-11,16,23H,12-15,17H2,1H3,(H,24,25,28);(H,3,4)(H,5,6). The molecule has 4 rings (SSSR count). The Morgan fingerprint density at radius 2 is 1.43 bits per heavy atom. The molecule has 1 saturated heterocycles. The summed E-state index contributed by atoms with van der Waals surface area (Å²) < 4.78 is 4.99. The highest BCUT2D eigenvalue weighted by Crippen LogP contribution is 2.29. The maximum atomic E-state index is 12.3. The van der Waals surface area contributed by atoms with Gasteiger partial charge in [-0.1, -0.05) is 65.8 Å². The second-order valence-corrected chi connectivity index (χ2v) is 8.02. The second-order valence-electron chi connectivity index (χ2n) is 8.02. The molecule has 10 heteroatoms. The Hall–Kier alpha value is -4.02. The molecule has 1 aromatic heterocycles. The summed E-state index contributed by atoms with van der Waals surface area (Å²) >= 11 is 0. The number of nitrogens with one attached hydrogen (secondary N) is 1. The Balaban J connectivity index is 0.000000509. The highest BCUT2D eigenvalue weighted by molar-refractivity contribution is 6.27. The number of amides is 1. The summed E-state index contributed by atoms with van der Waals surface area (Å²) in [7, 11) is 0. The number of nitrogens with zero attached hydrogens (tertiary/aromatic N) is 3. The maximum absolute atomic E-state index is 12.3. The van der Waals surface area contributed by atoms with E-state index in [1.165, 1.54) is 11.1 Å². The van der Waals surface area contributed by atoms with Crippen molar-refractivity contribution in [2.75, 3.05) is 38.0 Å². The normalized spacial score (nSPS) is 14.1. The quantitative estimate of drug-likeness (QED) is 0.455. The van der Waals surface area contributed by atoms with Crippen LogP contribution in [-0.4, -0.2) is 75.7 Å². The lowest BCUT2D eigenvalue weighted by Gasteiger charge is -2.39. The number of carbonyl (C=O) groups excluding carboxylic acids is 1. The number of carboxylic acids is 2. The van der Waals surface area contributed by atoms with Crippen molar-refractivity contribution in [3.8, 4) is 0 Å². The van der Waals surface area contributed by atoms with Crippen molar-refractivity contribution < 1.29 is 29.1 Å². The fraction of sp³-hybridized carbons (Fsp3) is 0.280. The monoisotopic (exact) mass is 480 g/mol. The van der Waals surface area contributed by atoms with Crippen molar-refractivity contribution >= 4 is 23.7 Å². The number of aromatic nitrogens is 1. The van der Waals surface area contributed by atoms with E-state index in [2.05, 4.69) is 80.9 Å². The SMILES string of the molecule is Cc1cc(NC(=O)CN2CCN(C(c3ccccc3)c3ccccc3)CC2)no1.O=C(O)C(=O)O. The van der Waals surface area contributed by atoms with E-state index in [4.69, 9.17) is 24.3 Å². The van der Waals surface area contributed by atoms with Crippen LogP contribution >= 0.6 is 0 Å². The molecule has 1 aliphatic rings. The van der Waals surface area contributed by atoms with E-state index in [1.54, 1.807) is 13.0 Å². The van der Waals surface area contributed by atoms with Crippen molar-refractivity contribution in [2.45, 2.75) is 13.0 Å². The van der Waals surface area contributed by atoms with Crippen LogP contribution in [0.2, 0.25) is 0 Å². The molecule has 2 aromatic carbocycles. The van der Waals surface area contributed by atoms with E-state index in [0.29, 0.717) is 18.1 Å². The Morgan fingerprint density at radius 3 is 1.86 bits per heavy atom. The third kappa shape index (κ3) is 7.76. The third-order valence-corrected chi connectivity index (χ3v) is 5.45. The minimum Gasteiger partial charge on any atom is -0.473 e. The van der Waals surface area contributed by atoms with Crippen molar-refractivity contribution in [1.29, 1.82) is 0 Å². The van der Waals surface area contributed by atoms with Gasteiger partial charge in [0.25, 0.3) is 0 Å². The molecule has 0 unspecified atom stereocenters. The molecule has 0 spiro atoms. The molecule has 1 fully saturated rings. The van der Waals surface area contributed by atoms with Gasteiger partial charge < -0.3 is 20.1 Å². The molecule has 0 aliphatic carbocycles. The maximum Gasteiger partial charge on any atom is 0.414 e. The fourth-order valence-corrected chi connectivity index (χ4v) is 3.88. The Bertz CT molecular complexity index is 1060. The topological polar surface area (TPSA) is 136 Å². The lowest BCUT2D eigenvalue weighted by atomic mass is 9.96. The first-order valence-electron chi connectivity index (χ1n) is 11.1. The van der Waals surface area contributed by atoms with Crippen molar-refractivity contribution in [3.63, 3.8) is 0 Å². The zero-order chi connectivity index (χ0) is 25.2. The predicted octanol–water partition coefficient (Wildman–Crippen LogP) is 2.48. The van der Waals surface area contributed by atoms with Gasteiger partial charge in [-0.25, -0.2) is 9.59 Å². The van der Waals surface area contributed by atoms with Crippen LogP contribution in [0.15, 0.2) is 71.3 Å². The van der Waals surface area contributed by atoms with Crippen molar-refractivity contribution in [2.24, 2.45) is 0 Å². The van der Waals surface area contributed by atoms with Crippen LogP contribution in [0.1, 0.15) is 22.9 Å². The summed E-state index contributed by atoms with van der Waals surface area (Å²) in [6.07, 6.45) is 0. The molecule has 0 atom stereocenters. The van der Waals surface area contributed by atoms with Gasteiger partial charge in [0.15, 0.2) is 5.82 Å². The van der Waals surface area contributed by atoms with Gasteiger partial charge in [0.05, 0.1) is 12.6 Å². The Morgan fingerprint density at radius 1 is 0.914 bits per heavy atom. The average Bonchev–Trinajstić information content (AvgIpc) is 3.26. The fourth-order valence-electron chi connectivity index (χ4n) is 3.88. The number of carbonyl (C=O) groups is 3. The van der Waals surface area contributed by atoms with Crippen LogP contribution in [-0.2, 0) is 14.4 Å². The van der Waals surface area contributed by atoms with Crippen LogP contribution in [0.25, 0.3) is 0 Å². The van der Waals surface area contributed by atoms with Crippen molar-refractivity contribution in [1.82, 2.24) is 15.0 Å². The number of aliphatic carboxylic acids is 2. The zero-order valence-corrected chi connectivity index (χ0v) is 19.3. The molecule has 2 heterocycles. The summed E-state index contributed by atoms with van der Waals surface area (Å²) in [5.41, 5.74) is 2.59. The van der Waals surface area contributed by atoms with Gasteiger partial charge in [-0.15, -0.1) is 0 Å². The number of aryl methyl sites for hydroxylation is 1. The number of hydrogen-bond acceptors (Lipinski definition) is 7. The lowest BCUT2D eigenvalue weighted by molar-refractivity contribution is -0.159. The molecule has 1 aliphatic heterocycles. The molecule has 10 nitrogen and oxygen atoms in total. The smallest absolute Gasteiger partial charge is 0.414 e. The summed E-state index contributed by atoms with van der Waals surface area (Å²) in [4.78, 5) is 35.2. The molecule has 0 bridgehead atoms. The number of carboxylic acid groups (broad SMARTS) is 2. The third-order valence-electron chi connectivity index (χ3n) is 5.45. The van der Waals surface area contributed by atoms with Crippen LogP contribution in [0.3, 0.4) is 0 Å². The number of hydrogen-bond donors (Lipinski definition) is 3. The minimum atomic E-state index is -1.82. The molecule has 3 N–H and O–H groups in total. The lowest BCUT2D eigenvalue weighted by Crippen LogP contribution is -2.49. The highest BCUT2D eigenvalue weighted by atomic mass is 16.5. The predicted molar refractivity (Wildman–Crippen MR) is 128 cm³/mol. The van der Waals surface area contributed by atoms with Crippen LogP contribution in [0, 0.1) is 6.92 Å². The number of rotatable bonds is 6. The van der Waals surface area contributed by atoms with E-state index >= 15 is 0 Å². The van der Waals surface area contributed by atoms with Crippen molar-refractivity contribution in [3.05, 3.63) is 83.6 Å². The first-order chi connectivity index (χ1) is 16.8. The highest BCUT2D eigenvalue weighted by Gasteiger charge is 2.27. The number of anilines is 1. The first-order valence-corrected chi connectivity index (χ1v) is 11.1.